The molecule has 4 N–H and O–H groups in total. The monoisotopic (exact) mass is 384 g/mol. The number of amides is 1. The smallest absolute Gasteiger partial charge is 0.247 e. The van der Waals surface area contributed by atoms with Gasteiger partial charge >= 0.3 is 0 Å². The summed E-state index contributed by atoms with van der Waals surface area (Å²) < 4.78 is 14.0. The van der Waals surface area contributed by atoms with Crippen molar-refractivity contribution in [3.63, 3.8) is 0 Å². The number of carbonyl (C=O) groups excluding carboxylic acids is 1. The Morgan fingerprint density at radius 3 is 3.00 bits per heavy atom. The summed E-state index contributed by atoms with van der Waals surface area (Å²) in [6.45, 7) is 4.24. The fourth-order valence-electron chi connectivity index (χ4n) is 3.98. The number of carbonyl (C=O) groups is 1. The molecule has 2 aliphatic heterocycles. The van der Waals surface area contributed by atoms with Crippen LogP contribution in [0, 0.1) is 12.7 Å². The van der Waals surface area contributed by atoms with Crippen molar-refractivity contribution in [3.8, 4) is 0 Å². The van der Waals surface area contributed by atoms with Crippen LogP contribution in [-0.4, -0.2) is 48.3 Å². The van der Waals surface area contributed by atoms with Gasteiger partial charge in [0.05, 0.1) is 6.61 Å². The van der Waals surface area contributed by atoms with Gasteiger partial charge in [-0.1, -0.05) is 18.2 Å². The van der Waals surface area contributed by atoms with Crippen LogP contribution in [0.3, 0.4) is 0 Å². The van der Waals surface area contributed by atoms with Gasteiger partial charge in [0, 0.05) is 48.9 Å². The molecule has 2 unspecified atom stereocenters. The molecule has 0 saturated carbocycles. The average molecular weight is 384 g/mol. The molecule has 0 bridgehead atoms. The minimum absolute atomic E-state index is 0.118. The van der Waals surface area contributed by atoms with Gasteiger partial charge in [-0.3, -0.25) is 10.2 Å². The summed E-state index contributed by atoms with van der Waals surface area (Å²) in [5.41, 5.74) is 7.39. The summed E-state index contributed by atoms with van der Waals surface area (Å²) in [5.74, 6) is -0.140. The standard InChI is InChI=1S/C21H25FN4O2/c1-13-5-6-18(22)17-10-19(25-20(13)17)21(28)24-16-4-2-3-14(9-16)15-11-23-26(12-15)7-8-27/h2-6,9,15,19,23,25,27H,7-8,10-12H2,1H3,(H,24,28). The molecule has 2 heterocycles. The largest absolute Gasteiger partial charge is 0.395 e. The van der Waals surface area contributed by atoms with Crippen molar-refractivity contribution in [2.24, 2.45) is 0 Å². The Morgan fingerprint density at radius 1 is 1.36 bits per heavy atom. The fourth-order valence-corrected chi connectivity index (χ4v) is 3.98. The van der Waals surface area contributed by atoms with Gasteiger partial charge in [0.15, 0.2) is 0 Å². The Bertz CT molecular complexity index is 858. The van der Waals surface area contributed by atoms with Crippen molar-refractivity contribution < 1.29 is 14.3 Å². The molecule has 7 heteroatoms. The van der Waals surface area contributed by atoms with E-state index in [-0.39, 0.29) is 18.3 Å². The van der Waals surface area contributed by atoms with Crippen LogP contribution in [0.15, 0.2) is 36.4 Å². The summed E-state index contributed by atoms with van der Waals surface area (Å²) in [6, 6.07) is 10.5. The number of anilines is 2. The van der Waals surface area contributed by atoms with Crippen LogP contribution >= 0.6 is 0 Å². The summed E-state index contributed by atoms with van der Waals surface area (Å²) in [5, 5.41) is 17.2. The van der Waals surface area contributed by atoms with Gasteiger partial charge in [0.25, 0.3) is 0 Å². The number of aryl methyl sites for hydroxylation is 1. The Hall–Kier alpha value is -2.48. The number of hydrogen-bond acceptors (Lipinski definition) is 5. The molecule has 1 fully saturated rings. The van der Waals surface area contributed by atoms with Gasteiger partial charge in [-0.2, -0.15) is 0 Å². The lowest BCUT2D eigenvalue weighted by Crippen LogP contribution is -2.33. The van der Waals surface area contributed by atoms with Crippen LogP contribution in [-0.2, 0) is 11.2 Å². The first kappa shape index (κ1) is 18.9. The van der Waals surface area contributed by atoms with Crippen molar-refractivity contribution in [1.82, 2.24) is 10.4 Å². The predicted octanol–water partition coefficient (Wildman–Crippen LogP) is 2.01. The summed E-state index contributed by atoms with van der Waals surface area (Å²) in [7, 11) is 0. The van der Waals surface area contributed by atoms with Gasteiger partial charge in [-0.05, 0) is 36.2 Å². The summed E-state index contributed by atoms with van der Waals surface area (Å²) in [4.78, 5) is 12.7. The molecule has 6 nitrogen and oxygen atoms in total. The second kappa shape index (κ2) is 7.87. The molecule has 0 radical (unpaired) electrons. The van der Waals surface area contributed by atoms with Crippen LogP contribution in [0.2, 0.25) is 0 Å². The Balaban J connectivity index is 1.42. The van der Waals surface area contributed by atoms with E-state index >= 15 is 0 Å². The number of nitrogens with zero attached hydrogens (tertiary/aromatic N) is 1. The first-order valence-corrected chi connectivity index (χ1v) is 9.60. The number of hydrogen-bond donors (Lipinski definition) is 4. The van der Waals surface area contributed by atoms with E-state index in [1.54, 1.807) is 6.07 Å². The molecule has 148 valence electrons. The van der Waals surface area contributed by atoms with Crippen molar-refractivity contribution in [2.45, 2.75) is 25.3 Å². The number of hydrazine groups is 1. The molecule has 2 aliphatic rings. The van der Waals surface area contributed by atoms with Gasteiger partial charge in [0.2, 0.25) is 5.91 Å². The molecule has 1 saturated heterocycles. The summed E-state index contributed by atoms with van der Waals surface area (Å²) in [6.07, 6.45) is 0.344. The van der Waals surface area contributed by atoms with E-state index < -0.39 is 6.04 Å². The zero-order chi connectivity index (χ0) is 19.7. The Kier molecular flexibility index (Phi) is 5.30. The molecule has 0 spiro atoms. The molecule has 1 amide bonds. The predicted molar refractivity (Wildman–Crippen MR) is 107 cm³/mol. The second-order valence-corrected chi connectivity index (χ2v) is 7.46. The topological polar surface area (TPSA) is 76.6 Å². The third kappa shape index (κ3) is 3.73. The SMILES string of the molecule is Cc1ccc(F)c2c1NC(C(=O)Nc1cccc(C3CNN(CCO)C3)c1)C2. The fraction of sp³-hybridized carbons (Fsp3) is 0.381. The molecule has 28 heavy (non-hydrogen) atoms. The van der Waals surface area contributed by atoms with E-state index in [4.69, 9.17) is 5.11 Å². The minimum Gasteiger partial charge on any atom is -0.395 e. The van der Waals surface area contributed by atoms with Gasteiger partial charge in [-0.25, -0.2) is 9.40 Å². The third-order valence-corrected chi connectivity index (χ3v) is 5.50. The number of halogens is 1. The van der Waals surface area contributed by atoms with E-state index in [1.165, 1.54) is 6.07 Å². The first-order chi connectivity index (χ1) is 13.5. The number of nitrogens with one attached hydrogen (secondary N) is 3. The highest BCUT2D eigenvalue weighted by Gasteiger charge is 2.30. The number of benzene rings is 2. The van der Waals surface area contributed by atoms with Gasteiger partial charge < -0.3 is 15.7 Å². The van der Waals surface area contributed by atoms with E-state index in [2.05, 4.69) is 16.1 Å². The Morgan fingerprint density at radius 2 is 2.21 bits per heavy atom. The van der Waals surface area contributed by atoms with Crippen LogP contribution in [0.5, 0.6) is 0 Å². The average Bonchev–Trinajstić information content (AvgIpc) is 3.33. The molecule has 2 aromatic rings. The van der Waals surface area contributed by atoms with E-state index in [0.29, 0.717) is 24.4 Å². The minimum atomic E-state index is -0.484. The van der Waals surface area contributed by atoms with E-state index in [9.17, 15) is 9.18 Å². The van der Waals surface area contributed by atoms with E-state index in [1.807, 2.05) is 36.2 Å². The number of fused-ring (bicyclic) bond motifs is 1. The van der Waals surface area contributed by atoms with Crippen LogP contribution in [0.4, 0.5) is 15.8 Å². The third-order valence-electron chi connectivity index (χ3n) is 5.50. The lowest BCUT2D eigenvalue weighted by molar-refractivity contribution is -0.116. The van der Waals surface area contributed by atoms with Crippen LogP contribution < -0.4 is 16.1 Å². The lowest BCUT2D eigenvalue weighted by atomic mass is 9.99. The molecule has 2 atom stereocenters. The normalized spacial score (nSPS) is 21.4. The van der Waals surface area contributed by atoms with Crippen molar-refractivity contribution in [2.75, 3.05) is 36.9 Å². The maximum atomic E-state index is 14.0. The maximum Gasteiger partial charge on any atom is 0.247 e. The van der Waals surface area contributed by atoms with E-state index in [0.717, 1.165) is 35.6 Å². The van der Waals surface area contributed by atoms with Crippen molar-refractivity contribution in [1.29, 1.82) is 0 Å². The zero-order valence-electron chi connectivity index (χ0n) is 15.8. The van der Waals surface area contributed by atoms with Gasteiger partial charge in [0.1, 0.15) is 11.9 Å². The number of aliphatic hydroxyl groups excluding tert-OH is 1. The highest BCUT2D eigenvalue weighted by Crippen LogP contribution is 2.32. The number of rotatable bonds is 5. The highest BCUT2D eigenvalue weighted by atomic mass is 19.1. The zero-order valence-corrected chi connectivity index (χ0v) is 15.8. The quantitative estimate of drug-likeness (QED) is 0.635. The number of β-amino-alcohol motifs (C(OH)–C–C–N with tert-alkyl or cyclic N) is 1. The highest BCUT2D eigenvalue weighted by molar-refractivity contribution is 5.98. The maximum absolute atomic E-state index is 14.0. The second-order valence-electron chi connectivity index (χ2n) is 7.46. The first-order valence-electron chi connectivity index (χ1n) is 9.60. The van der Waals surface area contributed by atoms with Crippen LogP contribution in [0.1, 0.15) is 22.6 Å². The van der Waals surface area contributed by atoms with Gasteiger partial charge in [-0.15, -0.1) is 0 Å². The van der Waals surface area contributed by atoms with Crippen molar-refractivity contribution >= 4 is 17.3 Å². The molecular weight excluding hydrogens is 359 g/mol. The lowest BCUT2D eigenvalue weighted by Gasteiger charge is -2.15. The summed E-state index contributed by atoms with van der Waals surface area (Å²) >= 11 is 0. The molecule has 4 rings (SSSR count). The number of aliphatic hydroxyl groups is 1. The van der Waals surface area contributed by atoms with Crippen LogP contribution in [0.25, 0.3) is 0 Å². The van der Waals surface area contributed by atoms with Crippen molar-refractivity contribution in [3.05, 3.63) is 58.9 Å². The molecule has 0 aliphatic carbocycles. The molecule has 0 aromatic heterocycles. The molecular formula is C21H25FN4O2. The molecule has 2 aromatic carbocycles. The Labute approximate surface area is 163 Å².